The highest BCUT2D eigenvalue weighted by atomic mass is 35.5. The molecule has 0 radical (unpaired) electrons. The Morgan fingerprint density at radius 1 is 1.23 bits per heavy atom. The van der Waals surface area contributed by atoms with Crippen molar-refractivity contribution in [2.24, 2.45) is 0 Å². The molecule has 0 bridgehead atoms. The maximum atomic E-state index is 11.6. The average Bonchev–Trinajstić information content (AvgIpc) is 2.72. The molecule has 2 aromatic rings. The normalized spacial score (nSPS) is 10.2. The third kappa shape index (κ3) is 1.38. The van der Waals surface area contributed by atoms with Gasteiger partial charge in [-0.15, -0.1) is 0 Å². The molecule has 0 N–H and O–H groups in total. The van der Waals surface area contributed by atoms with E-state index in [9.17, 15) is 4.79 Å². The highest BCUT2D eigenvalue weighted by molar-refractivity contribution is 6.33. The van der Waals surface area contributed by atoms with Crippen molar-refractivity contribution >= 4 is 17.4 Å². The maximum Gasteiger partial charge on any atom is 0.232 e. The van der Waals surface area contributed by atoms with Gasteiger partial charge in [0.05, 0.1) is 18.1 Å². The van der Waals surface area contributed by atoms with Gasteiger partial charge >= 0.3 is 0 Å². The van der Waals surface area contributed by atoms with Gasteiger partial charge in [0, 0.05) is 0 Å². The Kier molecular flexibility index (Phi) is 1.94. The number of hydrogen-bond acceptors (Lipinski definition) is 3. The van der Waals surface area contributed by atoms with Gasteiger partial charge in [0.2, 0.25) is 11.0 Å². The van der Waals surface area contributed by atoms with E-state index in [-0.39, 0.29) is 16.8 Å². The number of carbonyl (C=O) groups is 1. The molecule has 2 heterocycles. The zero-order chi connectivity index (χ0) is 9.26. The van der Waals surface area contributed by atoms with E-state index >= 15 is 0 Å². The zero-order valence-corrected chi connectivity index (χ0v) is 7.25. The average molecular weight is 197 g/mol. The lowest BCUT2D eigenvalue weighted by atomic mass is 10.2. The van der Waals surface area contributed by atoms with Crippen LogP contribution in [0.4, 0.5) is 0 Å². The Labute approximate surface area is 78.9 Å². The number of furan rings is 2. The second-order valence-corrected chi connectivity index (χ2v) is 2.76. The SMILES string of the molecule is O=C(c1ccco1)c1ccoc1Cl. The van der Waals surface area contributed by atoms with E-state index in [1.54, 1.807) is 12.1 Å². The minimum absolute atomic E-state index is 0.0846. The molecule has 0 unspecified atom stereocenters. The third-order valence-corrected chi connectivity index (χ3v) is 1.90. The predicted molar refractivity (Wildman–Crippen MR) is 45.9 cm³/mol. The zero-order valence-electron chi connectivity index (χ0n) is 6.49. The van der Waals surface area contributed by atoms with Crippen molar-refractivity contribution in [3.63, 3.8) is 0 Å². The van der Waals surface area contributed by atoms with Crippen LogP contribution >= 0.6 is 11.6 Å². The van der Waals surface area contributed by atoms with Crippen LogP contribution in [0.1, 0.15) is 16.1 Å². The summed E-state index contributed by atoms with van der Waals surface area (Å²) in [5, 5.41) is 0.0846. The topological polar surface area (TPSA) is 43.4 Å². The number of ketones is 1. The van der Waals surface area contributed by atoms with Crippen molar-refractivity contribution in [2.75, 3.05) is 0 Å². The first-order valence-electron chi connectivity index (χ1n) is 3.60. The van der Waals surface area contributed by atoms with Crippen molar-refractivity contribution in [1.82, 2.24) is 0 Å². The van der Waals surface area contributed by atoms with Crippen LogP contribution in [0.25, 0.3) is 0 Å². The minimum Gasteiger partial charge on any atom is -0.461 e. The molecule has 0 saturated carbocycles. The fourth-order valence-electron chi connectivity index (χ4n) is 0.996. The van der Waals surface area contributed by atoms with E-state index in [0.717, 1.165) is 0 Å². The molecule has 0 aromatic carbocycles. The third-order valence-electron chi connectivity index (χ3n) is 1.61. The summed E-state index contributed by atoms with van der Waals surface area (Å²) in [7, 11) is 0. The Balaban J connectivity index is 2.39. The van der Waals surface area contributed by atoms with Gasteiger partial charge in [-0.1, -0.05) is 0 Å². The van der Waals surface area contributed by atoms with Gasteiger partial charge in [0.25, 0.3) is 0 Å². The molecule has 0 saturated heterocycles. The van der Waals surface area contributed by atoms with Gasteiger partial charge in [-0.05, 0) is 29.8 Å². The quantitative estimate of drug-likeness (QED) is 0.694. The highest BCUT2D eigenvalue weighted by Crippen LogP contribution is 2.20. The number of hydrogen-bond donors (Lipinski definition) is 0. The second kappa shape index (κ2) is 3.11. The van der Waals surface area contributed by atoms with Crippen LogP contribution in [0, 0.1) is 0 Å². The van der Waals surface area contributed by atoms with Crippen molar-refractivity contribution < 1.29 is 13.6 Å². The summed E-state index contributed by atoms with van der Waals surface area (Å²) < 4.78 is 9.71. The molecule has 0 aliphatic rings. The van der Waals surface area contributed by atoms with Gasteiger partial charge in [0.1, 0.15) is 0 Å². The molecule has 2 aromatic heterocycles. The lowest BCUT2D eigenvalue weighted by Gasteiger charge is -1.91. The maximum absolute atomic E-state index is 11.6. The van der Waals surface area contributed by atoms with E-state index in [1.807, 2.05) is 0 Å². The van der Waals surface area contributed by atoms with Gasteiger partial charge in [0.15, 0.2) is 5.76 Å². The van der Waals surface area contributed by atoms with Gasteiger partial charge in [-0.25, -0.2) is 0 Å². The predicted octanol–water partition coefficient (Wildman–Crippen LogP) is 2.76. The number of rotatable bonds is 2. The van der Waals surface area contributed by atoms with Crippen LogP contribution < -0.4 is 0 Å². The fourth-order valence-corrected chi connectivity index (χ4v) is 1.20. The molecule has 0 amide bonds. The van der Waals surface area contributed by atoms with Gasteiger partial charge in [-0.2, -0.15) is 0 Å². The first-order chi connectivity index (χ1) is 6.29. The van der Waals surface area contributed by atoms with Crippen LogP contribution in [0.5, 0.6) is 0 Å². The molecule has 2 rings (SSSR count). The summed E-state index contributed by atoms with van der Waals surface area (Å²) in [5.41, 5.74) is 0.316. The summed E-state index contributed by atoms with van der Waals surface area (Å²) in [4.78, 5) is 11.6. The van der Waals surface area contributed by atoms with E-state index in [0.29, 0.717) is 5.56 Å². The van der Waals surface area contributed by atoms with Crippen LogP contribution in [-0.4, -0.2) is 5.78 Å². The Hall–Kier alpha value is -1.48. The number of carbonyl (C=O) groups excluding carboxylic acids is 1. The molecule has 0 atom stereocenters. The lowest BCUT2D eigenvalue weighted by molar-refractivity contribution is 0.101. The summed E-state index contributed by atoms with van der Waals surface area (Å²) in [6.07, 6.45) is 2.79. The Morgan fingerprint density at radius 2 is 2.08 bits per heavy atom. The molecule has 3 nitrogen and oxygen atoms in total. The molecule has 0 aliphatic heterocycles. The fraction of sp³-hybridized carbons (Fsp3) is 0. The van der Waals surface area contributed by atoms with E-state index < -0.39 is 0 Å². The molecule has 0 aliphatic carbocycles. The van der Waals surface area contributed by atoms with E-state index in [1.165, 1.54) is 18.6 Å². The van der Waals surface area contributed by atoms with Crippen LogP contribution in [0.15, 0.2) is 39.6 Å². The molecular formula is C9H5ClO3. The smallest absolute Gasteiger partial charge is 0.232 e. The highest BCUT2D eigenvalue weighted by Gasteiger charge is 2.16. The van der Waals surface area contributed by atoms with E-state index in [4.69, 9.17) is 20.4 Å². The monoisotopic (exact) mass is 196 g/mol. The lowest BCUT2D eigenvalue weighted by Crippen LogP contribution is -1.97. The summed E-state index contributed by atoms with van der Waals surface area (Å²) in [5.74, 6) is -0.0212. The second-order valence-electron chi connectivity index (χ2n) is 2.41. The summed E-state index contributed by atoms with van der Waals surface area (Å²) >= 11 is 5.62. The molecule has 0 fully saturated rings. The first kappa shape index (κ1) is 8.13. The van der Waals surface area contributed by atoms with Crippen LogP contribution in [0.3, 0.4) is 0 Å². The Morgan fingerprint density at radius 3 is 2.62 bits per heavy atom. The largest absolute Gasteiger partial charge is 0.461 e. The van der Waals surface area contributed by atoms with Crippen molar-refractivity contribution in [3.05, 3.63) is 47.3 Å². The van der Waals surface area contributed by atoms with E-state index in [2.05, 4.69) is 0 Å². The standard InChI is InChI=1S/C9H5ClO3/c10-9-6(3-5-13-9)8(11)7-2-1-4-12-7/h1-5H. The molecule has 66 valence electrons. The summed E-state index contributed by atoms with van der Waals surface area (Å²) in [6.45, 7) is 0. The molecule has 4 heteroatoms. The summed E-state index contributed by atoms with van der Waals surface area (Å²) in [6, 6.07) is 4.72. The minimum atomic E-state index is -0.274. The van der Waals surface area contributed by atoms with Crippen molar-refractivity contribution in [1.29, 1.82) is 0 Å². The van der Waals surface area contributed by atoms with Crippen LogP contribution in [0.2, 0.25) is 5.22 Å². The molecule has 13 heavy (non-hydrogen) atoms. The molecule has 0 spiro atoms. The molecular weight excluding hydrogens is 192 g/mol. The first-order valence-corrected chi connectivity index (χ1v) is 3.98. The number of halogens is 1. The van der Waals surface area contributed by atoms with Gasteiger partial charge < -0.3 is 8.83 Å². The Bertz CT molecular complexity index is 414. The van der Waals surface area contributed by atoms with Crippen molar-refractivity contribution in [2.45, 2.75) is 0 Å². The van der Waals surface area contributed by atoms with Crippen molar-refractivity contribution in [3.8, 4) is 0 Å². The van der Waals surface area contributed by atoms with Gasteiger partial charge in [-0.3, -0.25) is 4.79 Å². The van der Waals surface area contributed by atoms with Crippen LogP contribution in [-0.2, 0) is 0 Å².